The molecule has 0 unspecified atom stereocenters. The largest absolute Gasteiger partial charge is 0.345 e. The van der Waals surface area contributed by atoms with Gasteiger partial charge in [0.1, 0.15) is 0 Å². The van der Waals surface area contributed by atoms with Crippen LogP contribution in [-0.4, -0.2) is 61.5 Å². The van der Waals surface area contributed by atoms with Gasteiger partial charge in [0.15, 0.2) is 0 Å². The fraction of sp³-hybridized carbons (Fsp3) is 0.929. The van der Waals surface area contributed by atoms with Crippen LogP contribution >= 0.6 is 0 Å². The molecule has 0 atom stereocenters. The molecule has 106 valence electrons. The van der Waals surface area contributed by atoms with Gasteiger partial charge in [0, 0.05) is 26.2 Å². The summed E-state index contributed by atoms with van der Waals surface area (Å²) < 4.78 is 0. The van der Waals surface area contributed by atoms with Crippen LogP contribution in [0.1, 0.15) is 33.6 Å². The van der Waals surface area contributed by atoms with Crippen LogP contribution in [0.15, 0.2) is 0 Å². The normalized spacial score (nSPS) is 17.4. The third kappa shape index (κ3) is 4.94. The first kappa shape index (κ1) is 15.4. The lowest BCUT2D eigenvalue weighted by atomic mass is 9.97. The molecular weight excluding hydrogens is 226 g/mol. The Bertz CT molecular complexity index is 249. The Labute approximate surface area is 112 Å². The molecule has 1 aliphatic heterocycles. The third-order valence-corrected chi connectivity index (χ3v) is 3.92. The Balaban J connectivity index is 2.46. The number of nitrogens with zero attached hydrogens (tertiary/aromatic N) is 2. The number of nitrogens with one attached hydrogen (secondary N) is 1. The highest BCUT2D eigenvalue weighted by Gasteiger charge is 2.21. The second-order valence-corrected chi connectivity index (χ2v) is 5.62. The Hall–Kier alpha value is -0.610. The van der Waals surface area contributed by atoms with E-state index in [9.17, 15) is 4.79 Å². The van der Waals surface area contributed by atoms with E-state index < -0.39 is 0 Å². The maximum atomic E-state index is 12.0. The molecular formula is C14H29N3O. The molecule has 0 aromatic heterocycles. The van der Waals surface area contributed by atoms with Gasteiger partial charge in [-0.15, -0.1) is 0 Å². The molecule has 0 aromatic rings. The van der Waals surface area contributed by atoms with Crippen LogP contribution in [0.3, 0.4) is 0 Å². The van der Waals surface area contributed by atoms with E-state index in [1.165, 1.54) is 12.8 Å². The van der Waals surface area contributed by atoms with Crippen molar-refractivity contribution in [2.75, 3.05) is 39.8 Å². The third-order valence-electron chi connectivity index (χ3n) is 3.92. The molecule has 1 saturated heterocycles. The molecule has 1 rings (SSSR count). The number of carbonyl (C=O) groups is 1. The SMILES string of the molecule is CCN(C)C(=O)CN(CC1CCNCC1)C(C)C. The van der Waals surface area contributed by atoms with Crippen molar-refractivity contribution in [3.05, 3.63) is 0 Å². The van der Waals surface area contributed by atoms with Crippen molar-refractivity contribution in [3.63, 3.8) is 0 Å². The molecule has 0 aliphatic carbocycles. The molecule has 0 saturated carbocycles. The number of hydrogen-bond acceptors (Lipinski definition) is 3. The monoisotopic (exact) mass is 255 g/mol. The van der Waals surface area contributed by atoms with Gasteiger partial charge in [0.25, 0.3) is 0 Å². The first-order chi connectivity index (χ1) is 8.54. The number of piperidine rings is 1. The second kappa shape index (κ2) is 7.74. The van der Waals surface area contributed by atoms with Crippen LogP contribution in [0.5, 0.6) is 0 Å². The highest BCUT2D eigenvalue weighted by molar-refractivity contribution is 5.77. The number of hydrogen-bond donors (Lipinski definition) is 1. The van der Waals surface area contributed by atoms with Crippen molar-refractivity contribution in [3.8, 4) is 0 Å². The van der Waals surface area contributed by atoms with E-state index in [4.69, 9.17) is 0 Å². The van der Waals surface area contributed by atoms with E-state index in [0.717, 1.165) is 32.1 Å². The van der Waals surface area contributed by atoms with Gasteiger partial charge < -0.3 is 10.2 Å². The summed E-state index contributed by atoms with van der Waals surface area (Å²) in [5.41, 5.74) is 0. The predicted molar refractivity (Wildman–Crippen MR) is 75.6 cm³/mol. The van der Waals surface area contributed by atoms with Crippen LogP contribution in [0.2, 0.25) is 0 Å². The highest BCUT2D eigenvalue weighted by Crippen LogP contribution is 2.15. The fourth-order valence-electron chi connectivity index (χ4n) is 2.32. The van der Waals surface area contributed by atoms with Crippen molar-refractivity contribution >= 4 is 5.91 Å². The summed E-state index contributed by atoms with van der Waals surface area (Å²) in [6, 6.07) is 0.439. The molecule has 4 heteroatoms. The van der Waals surface area contributed by atoms with E-state index in [1.54, 1.807) is 4.90 Å². The maximum Gasteiger partial charge on any atom is 0.236 e. The Kier molecular flexibility index (Phi) is 6.65. The van der Waals surface area contributed by atoms with E-state index in [-0.39, 0.29) is 5.91 Å². The van der Waals surface area contributed by atoms with E-state index in [0.29, 0.717) is 12.6 Å². The minimum absolute atomic E-state index is 0.236. The van der Waals surface area contributed by atoms with Crippen molar-refractivity contribution in [2.24, 2.45) is 5.92 Å². The lowest BCUT2D eigenvalue weighted by Gasteiger charge is -2.33. The molecule has 4 nitrogen and oxygen atoms in total. The van der Waals surface area contributed by atoms with Gasteiger partial charge in [-0.2, -0.15) is 0 Å². The Morgan fingerprint density at radius 3 is 2.44 bits per heavy atom. The number of amides is 1. The lowest BCUT2D eigenvalue weighted by Crippen LogP contribution is -2.45. The average Bonchev–Trinajstić information content (AvgIpc) is 2.37. The van der Waals surface area contributed by atoms with Gasteiger partial charge in [-0.3, -0.25) is 9.69 Å². The van der Waals surface area contributed by atoms with E-state index in [1.807, 2.05) is 14.0 Å². The number of rotatable bonds is 6. The Morgan fingerprint density at radius 2 is 1.94 bits per heavy atom. The molecule has 1 fully saturated rings. The molecule has 0 aromatic carbocycles. The molecule has 18 heavy (non-hydrogen) atoms. The van der Waals surface area contributed by atoms with Gasteiger partial charge in [-0.1, -0.05) is 0 Å². The minimum atomic E-state index is 0.236. The summed E-state index contributed by atoms with van der Waals surface area (Å²) in [4.78, 5) is 16.1. The van der Waals surface area contributed by atoms with Crippen LogP contribution < -0.4 is 5.32 Å². The van der Waals surface area contributed by atoms with Crippen LogP contribution in [-0.2, 0) is 4.79 Å². The zero-order chi connectivity index (χ0) is 13.5. The van der Waals surface area contributed by atoms with Gasteiger partial charge in [0.2, 0.25) is 5.91 Å². The second-order valence-electron chi connectivity index (χ2n) is 5.62. The predicted octanol–water partition coefficient (Wildman–Crippen LogP) is 1.17. The van der Waals surface area contributed by atoms with Gasteiger partial charge in [-0.05, 0) is 52.6 Å². The first-order valence-corrected chi connectivity index (χ1v) is 7.23. The molecule has 1 heterocycles. The number of likely N-dealkylation sites (N-methyl/N-ethyl adjacent to an activating group) is 1. The Morgan fingerprint density at radius 1 is 1.33 bits per heavy atom. The molecule has 0 radical (unpaired) electrons. The highest BCUT2D eigenvalue weighted by atomic mass is 16.2. The summed E-state index contributed by atoms with van der Waals surface area (Å²) >= 11 is 0. The number of carbonyl (C=O) groups excluding carboxylic acids is 1. The van der Waals surface area contributed by atoms with Crippen LogP contribution in [0.25, 0.3) is 0 Å². The molecule has 1 amide bonds. The minimum Gasteiger partial charge on any atom is -0.345 e. The standard InChI is InChI=1S/C14H29N3O/c1-5-16(4)14(18)11-17(12(2)3)10-13-6-8-15-9-7-13/h12-13,15H,5-11H2,1-4H3. The zero-order valence-electron chi connectivity index (χ0n) is 12.4. The molecule has 1 aliphatic rings. The molecule has 0 bridgehead atoms. The summed E-state index contributed by atoms with van der Waals surface area (Å²) in [7, 11) is 1.88. The van der Waals surface area contributed by atoms with Gasteiger partial charge >= 0.3 is 0 Å². The molecule has 0 spiro atoms. The average molecular weight is 255 g/mol. The smallest absolute Gasteiger partial charge is 0.236 e. The van der Waals surface area contributed by atoms with Gasteiger partial charge in [-0.25, -0.2) is 0 Å². The van der Waals surface area contributed by atoms with Crippen molar-refractivity contribution < 1.29 is 4.79 Å². The summed E-state index contributed by atoms with van der Waals surface area (Å²) in [6.07, 6.45) is 2.47. The summed E-state index contributed by atoms with van der Waals surface area (Å²) in [6.45, 7) is 11.0. The fourth-order valence-corrected chi connectivity index (χ4v) is 2.32. The van der Waals surface area contributed by atoms with E-state index >= 15 is 0 Å². The quantitative estimate of drug-likeness (QED) is 0.774. The maximum absolute atomic E-state index is 12.0. The molecule has 1 N–H and O–H groups in total. The summed E-state index contributed by atoms with van der Waals surface area (Å²) in [5, 5.41) is 3.39. The van der Waals surface area contributed by atoms with Crippen molar-refractivity contribution in [1.82, 2.24) is 15.1 Å². The van der Waals surface area contributed by atoms with Crippen molar-refractivity contribution in [1.29, 1.82) is 0 Å². The zero-order valence-corrected chi connectivity index (χ0v) is 12.4. The van der Waals surface area contributed by atoms with E-state index in [2.05, 4.69) is 24.1 Å². The van der Waals surface area contributed by atoms with Crippen molar-refractivity contribution in [2.45, 2.75) is 39.7 Å². The van der Waals surface area contributed by atoms with Gasteiger partial charge in [0.05, 0.1) is 6.54 Å². The van der Waals surface area contributed by atoms with Crippen LogP contribution in [0.4, 0.5) is 0 Å². The van der Waals surface area contributed by atoms with Crippen LogP contribution in [0, 0.1) is 5.92 Å². The first-order valence-electron chi connectivity index (χ1n) is 7.23. The summed E-state index contributed by atoms with van der Waals surface area (Å²) in [5.74, 6) is 0.980. The lowest BCUT2D eigenvalue weighted by molar-refractivity contribution is -0.131. The topological polar surface area (TPSA) is 35.6 Å².